The fourth-order valence-electron chi connectivity index (χ4n) is 2.57. The second-order valence-corrected chi connectivity index (χ2v) is 7.22. The first-order valence-electron chi connectivity index (χ1n) is 8.74. The molecule has 2 N–H and O–H groups in total. The van der Waals surface area contributed by atoms with Crippen molar-refractivity contribution in [3.05, 3.63) is 58.6 Å². The maximum atomic E-state index is 12.6. The fourth-order valence-corrected chi connectivity index (χ4v) is 2.74. The maximum absolute atomic E-state index is 12.6. The van der Waals surface area contributed by atoms with Gasteiger partial charge in [0.2, 0.25) is 11.8 Å². The quantitative estimate of drug-likeness (QED) is 0.705. The molecule has 0 aliphatic rings. The van der Waals surface area contributed by atoms with Crippen LogP contribution >= 0.6 is 11.6 Å². The highest BCUT2D eigenvalue weighted by molar-refractivity contribution is 6.31. The first-order chi connectivity index (χ1) is 12.8. The number of carbonyl (C=O) groups is 2. The molecule has 0 atom stereocenters. The van der Waals surface area contributed by atoms with Crippen LogP contribution in [0.3, 0.4) is 0 Å². The van der Waals surface area contributed by atoms with Gasteiger partial charge in [-0.25, -0.2) is 0 Å². The van der Waals surface area contributed by atoms with E-state index in [4.69, 9.17) is 16.3 Å². The number of anilines is 1. The molecule has 2 aromatic carbocycles. The van der Waals surface area contributed by atoms with E-state index in [2.05, 4.69) is 10.6 Å². The number of benzene rings is 2. The first kappa shape index (κ1) is 20.8. The first-order valence-corrected chi connectivity index (χ1v) is 9.12. The van der Waals surface area contributed by atoms with E-state index in [1.54, 1.807) is 39.2 Å². The van der Waals surface area contributed by atoms with E-state index in [9.17, 15) is 9.59 Å². The average Bonchev–Trinajstić information content (AvgIpc) is 2.65. The maximum Gasteiger partial charge on any atom is 0.239 e. The summed E-state index contributed by atoms with van der Waals surface area (Å²) in [7, 11) is 1.61. The van der Waals surface area contributed by atoms with E-state index in [1.165, 1.54) is 0 Å². The smallest absolute Gasteiger partial charge is 0.239 e. The minimum Gasteiger partial charge on any atom is -0.496 e. The number of hydrogen-bond donors (Lipinski definition) is 2. The summed E-state index contributed by atoms with van der Waals surface area (Å²) in [5.41, 5.74) is 1.13. The van der Waals surface area contributed by atoms with E-state index in [0.29, 0.717) is 23.7 Å². The van der Waals surface area contributed by atoms with Gasteiger partial charge in [-0.3, -0.25) is 9.59 Å². The Morgan fingerprint density at radius 3 is 2.48 bits per heavy atom. The van der Waals surface area contributed by atoms with Gasteiger partial charge in [-0.2, -0.15) is 0 Å². The molecule has 2 amide bonds. The normalized spacial score (nSPS) is 11.0. The molecular formula is C21H25ClN2O3. The highest BCUT2D eigenvalue weighted by Gasteiger charge is 2.36. The van der Waals surface area contributed by atoms with Crippen molar-refractivity contribution >= 4 is 29.1 Å². The van der Waals surface area contributed by atoms with E-state index in [-0.39, 0.29) is 11.8 Å². The number of halogens is 1. The third-order valence-electron chi connectivity index (χ3n) is 4.52. The zero-order valence-corrected chi connectivity index (χ0v) is 16.8. The van der Waals surface area contributed by atoms with Gasteiger partial charge >= 0.3 is 0 Å². The van der Waals surface area contributed by atoms with Gasteiger partial charge in [-0.15, -0.1) is 0 Å². The molecule has 0 spiro atoms. The third kappa shape index (κ3) is 5.01. The van der Waals surface area contributed by atoms with Gasteiger partial charge in [0.05, 0.1) is 7.11 Å². The number of hydrogen-bond acceptors (Lipinski definition) is 3. The van der Waals surface area contributed by atoms with Crippen LogP contribution in [0.1, 0.15) is 25.0 Å². The number of ether oxygens (including phenoxy) is 1. The Kier molecular flexibility index (Phi) is 6.86. The molecule has 0 fully saturated rings. The largest absolute Gasteiger partial charge is 0.496 e. The molecule has 0 bridgehead atoms. The van der Waals surface area contributed by atoms with Crippen molar-refractivity contribution in [1.29, 1.82) is 0 Å². The monoisotopic (exact) mass is 388 g/mol. The lowest BCUT2D eigenvalue weighted by atomic mass is 9.90. The van der Waals surface area contributed by atoms with Crippen LogP contribution in [0.5, 0.6) is 5.75 Å². The number of carbonyl (C=O) groups excluding carboxylic acids is 2. The minimum absolute atomic E-state index is 0.338. The van der Waals surface area contributed by atoms with Crippen LogP contribution < -0.4 is 15.4 Å². The SMILES string of the molecule is COc1ccccc1CCNC(=O)C(C)(C)C(=O)Nc1cccc(Cl)c1C. The van der Waals surface area contributed by atoms with E-state index >= 15 is 0 Å². The Labute approximate surface area is 165 Å². The molecule has 27 heavy (non-hydrogen) atoms. The molecule has 0 heterocycles. The number of methoxy groups -OCH3 is 1. The van der Waals surface area contributed by atoms with Crippen LogP contribution in [-0.4, -0.2) is 25.5 Å². The minimum atomic E-state index is -1.23. The van der Waals surface area contributed by atoms with Gasteiger partial charge in [-0.05, 0) is 56.5 Å². The molecule has 2 rings (SSSR count). The fraction of sp³-hybridized carbons (Fsp3) is 0.333. The highest BCUT2D eigenvalue weighted by Crippen LogP contribution is 2.26. The van der Waals surface area contributed by atoms with Crippen molar-refractivity contribution in [2.75, 3.05) is 19.0 Å². The number of para-hydroxylation sites is 1. The molecule has 0 radical (unpaired) electrons. The molecule has 2 aromatic rings. The van der Waals surface area contributed by atoms with Crippen LogP contribution in [0.25, 0.3) is 0 Å². The summed E-state index contributed by atoms with van der Waals surface area (Å²) in [6, 6.07) is 12.9. The molecule has 0 aromatic heterocycles. The van der Waals surface area contributed by atoms with E-state index in [0.717, 1.165) is 16.9 Å². The molecule has 0 unspecified atom stereocenters. The zero-order chi connectivity index (χ0) is 20.0. The molecular weight excluding hydrogens is 364 g/mol. The lowest BCUT2D eigenvalue weighted by molar-refractivity contribution is -0.138. The van der Waals surface area contributed by atoms with Gasteiger partial charge in [0.15, 0.2) is 0 Å². The Morgan fingerprint density at radius 1 is 1.07 bits per heavy atom. The summed E-state index contributed by atoms with van der Waals surface area (Å²) in [5.74, 6) is 0.0532. The lowest BCUT2D eigenvalue weighted by Crippen LogP contribution is -2.45. The van der Waals surface area contributed by atoms with Crippen LogP contribution in [0.15, 0.2) is 42.5 Å². The second-order valence-electron chi connectivity index (χ2n) is 6.81. The second kappa shape index (κ2) is 8.91. The zero-order valence-electron chi connectivity index (χ0n) is 16.1. The summed E-state index contributed by atoms with van der Waals surface area (Å²) >= 11 is 6.08. The van der Waals surface area contributed by atoms with Crippen molar-refractivity contribution < 1.29 is 14.3 Å². The number of rotatable bonds is 7. The van der Waals surface area contributed by atoms with Crippen LogP contribution in [0.2, 0.25) is 5.02 Å². The average molecular weight is 389 g/mol. The Balaban J connectivity index is 1.97. The van der Waals surface area contributed by atoms with Gasteiger partial charge in [0.1, 0.15) is 11.2 Å². The van der Waals surface area contributed by atoms with Crippen molar-refractivity contribution in [3.63, 3.8) is 0 Å². The van der Waals surface area contributed by atoms with E-state index in [1.807, 2.05) is 31.2 Å². The molecule has 6 heteroatoms. The van der Waals surface area contributed by atoms with Gasteiger partial charge in [-0.1, -0.05) is 35.9 Å². The molecule has 0 saturated heterocycles. The molecule has 5 nitrogen and oxygen atoms in total. The molecule has 0 aliphatic carbocycles. The van der Waals surface area contributed by atoms with Crippen LogP contribution in [-0.2, 0) is 16.0 Å². The lowest BCUT2D eigenvalue weighted by Gasteiger charge is -2.23. The van der Waals surface area contributed by atoms with Crippen molar-refractivity contribution in [2.45, 2.75) is 27.2 Å². The predicted molar refractivity (Wildman–Crippen MR) is 108 cm³/mol. The summed E-state index contributed by atoms with van der Waals surface area (Å²) in [5, 5.41) is 6.19. The molecule has 144 valence electrons. The topological polar surface area (TPSA) is 67.4 Å². The molecule has 0 aliphatic heterocycles. The molecule has 0 saturated carbocycles. The van der Waals surface area contributed by atoms with Crippen molar-refractivity contribution in [2.24, 2.45) is 5.41 Å². The third-order valence-corrected chi connectivity index (χ3v) is 4.93. The summed E-state index contributed by atoms with van der Waals surface area (Å²) in [4.78, 5) is 25.2. The summed E-state index contributed by atoms with van der Waals surface area (Å²) in [6.07, 6.45) is 0.612. The van der Waals surface area contributed by atoms with Crippen LogP contribution in [0.4, 0.5) is 5.69 Å². The van der Waals surface area contributed by atoms with Gasteiger partial charge < -0.3 is 15.4 Å². The predicted octanol–water partition coefficient (Wildman–Crippen LogP) is 3.98. The van der Waals surface area contributed by atoms with Gasteiger partial charge in [0.25, 0.3) is 0 Å². The van der Waals surface area contributed by atoms with Gasteiger partial charge in [0, 0.05) is 17.3 Å². The Morgan fingerprint density at radius 2 is 1.78 bits per heavy atom. The Bertz CT molecular complexity index is 834. The summed E-state index contributed by atoms with van der Waals surface area (Å²) < 4.78 is 5.31. The Hall–Kier alpha value is -2.53. The standard InChI is InChI=1S/C21H25ClN2O3/c1-14-16(22)9-7-10-17(14)24-20(26)21(2,3)19(25)23-13-12-15-8-5-6-11-18(15)27-4/h5-11H,12-13H2,1-4H3,(H,23,25)(H,24,26). The highest BCUT2D eigenvalue weighted by atomic mass is 35.5. The van der Waals surface area contributed by atoms with E-state index < -0.39 is 5.41 Å². The van der Waals surface area contributed by atoms with Crippen LogP contribution in [0, 0.1) is 12.3 Å². The number of amides is 2. The van der Waals surface area contributed by atoms with Crippen molar-refractivity contribution in [3.8, 4) is 5.75 Å². The van der Waals surface area contributed by atoms with Crippen molar-refractivity contribution in [1.82, 2.24) is 5.32 Å². The number of nitrogens with one attached hydrogen (secondary N) is 2. The summed E-state index contributed by atoms with van der Waals surface area (Å²) in [6.45, 7) is 5.42.